The number of hydrogen-bond donors (Lipinski definition) is 0. The lowest BCUT2D eigenvalue weighted by atomic mass is 9.64. The van der Waals surface area contributed by atoms with Crippen LogP contribution in [0.2, 0.25) is 0 Å². The Morgan fingerprint density at radius 1 is 0.622 bits per heavy atom. The number of hydrogen-bond acceptors (Lipinski definition) is 5. The van der Waals surface area contributed by atoms with Crippen LogP contribution in [0.5, 0.6) is 0 Å². The van der Waals surface area contributed by atoms with Crippen LogP contribution in [0.15, 0.2) is 151 Å². The molecular weight excluding hydrogens is 556 g/mol. The van der Waals surface area contributed by atoms with Crippen LogP contribution in [0, 0.1) is 12.8 Å². The number of aromatic nitrogens is 2. The van der Waals surface area contributed by atoms with Crippen molar-refractivity contribution < 1.29 is 9.59 Å². The highest BCUT2D eigenvalue weighted by molar-refractivity contribution is 6.32. The van der Waals surface area contributed by atoms with Crippen LogP contribution < -0.4 is 5.01 Å². The van der Waals surface area contributed by atoms with Gasteiger partial charge in [-0.3, -0.25) is 9.59 Å². The van der Waals surface area contributed by atoms with Crippen LogP contribution in [0.25, 0.3) is 16.9 Å². The number of benzene rings is 5. The zero-order valence-electron chi connectivity index (χ0n) is 24.5. The van der Waals surface area contributed by atoms with Gasteiger partial charge in [-0.25, -0.2) is 9.69 Å². The van der Waals surface area contributed by atoms with E-state index in [-0.39, 0.29) is 17.3 Å². The van der Waals surface area contributed by atoms with Crippen molar-refractivity contribution in [3.8, 4) is 16.9 Å². The molecule has 2 heterocycles. The SMILES string of the molecule is Cc1ccc([C@]23C(=O)c4c(c(-c5ccccc5)nn4-c4ccccc4)C(=O)[C@H]2C(c2ccccc2)=NN3c2ccccc2)cc1. The molecule has 2 atom stereocenters. The van der Waals surface area contributed by atoms with E-state index in [1.54, 1.807) is 9.69 Å². The fourth-order valence-corrected chi connectivity index (χ4v) is 6.74. The van der Waals surface area contributed by atoms with Gasteiger partial charge in [0.25, 0.3) is 0 Å². The zero-order chi connectivity index (χ0) is 30.5. The average Bonchev–Trinajstić information content (AvgIpc) is 3.68. The largest absolute Gasteiger partial charge is 0.293 e. The van der Waals surface area contributed by atoms with Crippen molar-refractivity contribution in [2.24, 2.45) is 11.0 Å². The van der Waals surface area contributed by atoms with Crippen molar-refractivity contribution >= 4 is 23.0 Å². The number of para-hydroxylation sites is 2. The number of aryl methyl sites for hydroxylation is 1. The molecule has 0 unspecified atom stereocenters. The third-order valence-corrected chi connectivity index (χ3v) is 8.80. The summed E-state index contributed by atoms with van der Waals surface area (Å²) >= 11 is 0. The van der Waals surface area contributed by atoms with Gasteiger partial charge in [-0.15, -0.1) is 0 Å². The molecule has 0 saturated heterocycles. The Morgan fingerprint density at radius 3 is 1.76 bits per heavy atom. The van der Waals surface area contributed by atoms with E-state index in [0.717, 1.165) is 16.7 Å². The van der Waals surface area contributed by atoms with E-state index in [9.17, 15) is 0 Å². The second-order valence-corrected chi connectivity index (χ2v) is 11.4. The number of rotatable bonds is 5. The van der Waals surface area contributed by atoms with E-state index in [2.05, 4.69) is 0 Å². The summed E-state index contributed by atoms with van der Waals surface area (Å²) in [6.07, 6.45) is 0. The molecule has 1 aliphatic carbocycles. The number of carbonyl (C=O) groups is 2. The predicted octanol–water partition coefficient (Wildman–Crippen LogP) is 7.66. The molecular formula is C39H28N4O2. The molecule has 1 aliphatic heterocycles. The Bertz CT molecular complexity index is 2090. The summed E-state index contributed by atoms with van der Waals surface area (Å²) in [5.74, 6) is -1.35. The van der Waals surface area contributed by atoms with Crippen LogP contribution in [0.4, 0.5) is 5.69 Å². The Balaban J connectivity index is 1.50. The molecule has 216 valence electrons. The van der Waals surface area contributed by atoms with Crippen molar-refractivity contribution in [1.82, 2.24) is 9.78 Å². The number of fused-ring (bicyclic) bond motifs is 2. The summed E-state index contributed by atoms with van der Waals surface area (Å²) in [6, 6.07) is 46.4. The highest BCUT2D eigenvalue weighted by Crippen LogP contribution is 2.53. The van der Waals surface area contributed by atoms with Crippen LogP contribution in [-0.2, 0) is 5.54 Å². The standard InChI is InChI=1S/C39H28N4O2/c1-26-22-24-29(25-23-26)39-33(35(28-16-8-3-9-17-28)41-43(39)31-20-12-5-13-21-31)37(44)32-34(27-14-6-2-7-15-27)40-42(36(32)38(39)45)30-18-10-4-11-19-30/h2-25,33H,1H3/t33-,39-/m1/s1. The molecule has 0 bridgehead atoms. The predicted molar refractivity (Wildman–Crippen MR) is 176 cm³/mol. The van der Waals surface area contributed by atoms with Crippen LogP contribution in [-0.4, -0.2) is 27.1 Å². The molecule has 0 fully saturated rings. The molecule has 0 spiro atoms. The number of ketones is 2. The van der Waals surface area contributed by atoms with E-state index in [1.165, 1.54) is 0 Å². The smallest absolute Gasteiger partial charge is 0.215 e. The molecule has 45 heavy (non-hydrogen) atoms. The maximum Gasteiger partial charge on any atom is 0.215 e. The average molecular weight is 585 g/mol. The number of hydrazone groups is 1. The fourth-order valence-electron chi connectivity index (χ4n) is 6.74. The topological polar surface area (TPSA) is 67.6 Å². The van der Waals surface area contributed by atoms with Gasteiger partial charge in [0.15, 0.2) is 11.3 Å². The van der Waals surface area contributed by atoms with Crippen LogP contribution in [0.3, 0.4) is 0 Å². The molecule has 8 rings (SSSR count). The zero-order valence-corrected chi connectivity index (χ0v) is 24.5. The normalized spacial score (nSPS) is 18.8. The van der Waals surface area contributed by atoms with Crippen LogP contribution >= 0.6 is 0 Å². The molecule has 0 amide bonds. The molecule has 6 heteroatoms. The maximum atomic E-state index is 15.7. The molecule has 2 aliphatic rings. The second kappa shape index (κ2) is 10.4. The van der Waals surface area contributed by atoms with Crippen molar-refractivity contribution in [2.45, 2.75) is 12.5 Å². The third-order valence-electron chi connectivity index (χ3n) is 8.80. The Kier molecular flexibility index (Phi) is 6.17. The highest BCUT2D eigenvalue weighted by Gasteiger charge is 2.66. The van der Waals surface area contributed by atoms with Crippen molar-refractivity contribution in [1.29, 1.82) is 0 Å². The first-order valence-electron chi connectivity index (χ1n) is 15.0. The van der Waals surface area contributed by atoms with E-state index in [1.807, 2.05) is 153 Å². The first kappa shape index (κ1) is 26.7. The Labute approximate surface area is 260 Å². The Hall–Kier alpha value is -5.88. The summed E-state index contributed by atoms with van der Waals surface area (Å²) < 4.78 is 1.65. The lowest BCUT2D eigenvalue weighted by Gasteiger charge is -2.42. The van der Waals surface area contributed by atoms with Gasteiger partial charge in [0, 0.05) is 5.56 Å². The van der Waals surface area contributed by atoms with E-state index in [4.69, 9.17) is 10.2 Å². The van der Waals surface area contributed by atoms with Crippen molar-refractivity contribution in [3.05, 3.63) is 174 Å². The number of carbonyl (C=O) groups excluding carboxylic acids is 2. The first-order valence-corrected chi connectivity index (χ1v) is 15.0. The summed E-state index contributed by atoms with van der Waals surface area (Å²) in [5, 5.41) is 12.0. The monoisotopic (exact) mass is 584 g/mol. The van der Waals surface area contributed by atoms with Gasteiger partial charge in [-0.2, -0.15) is 10.2 Å². The molecule has 6 nitrogen and oxygen atoms in total. The van der Waals surface area contributed by atoms with E-state index < -0.39 is 11.5 Å². The van der Waals surface area contributed by atoms with Gasteiger partial charge in [0.05, 0.1) is 22.6 Å². The highest BCUT2D eigenvalue weighted by atomic mass is 16.2. The minimum absolute atomic E-state index is 0.188. The fraction of sp³-hybridized carbons (Fsp3) is 0.0769. The van der Waals surface area contributed by atoms with Crippen LogP contribution in [0.1, 0.15) is 37.5 Å². The quantitative estimate of drug-likeness (QED) is 0.209. The molecule has 0 saturated carbocycles. The summed E-state index contributed by atoms with van der Waals surface area (Å²) in [7, 11) is 0. The second-order valence-electron chi connectivity index (χ2n) is 11.4. The lowest BCUT2D eigenvalue weighted by Crippen LogP contribution is -2.58. The molecule has 1 aromatic heterocycles. The molecule has 0 N–H and O–H groups in total. The van der Waals surface area contributed by atoms with Gasteiger partial charge in [-0.1, -0.05) is 127 Å². The summed E-state index contributed by atoms with van der Waals surface area (Å²) in [5.41, 5.74) is 4.84. The maximum absolute atomic E-state index is 15.7. The summed E-state index contributed by atoms with van der Waals surface area (Å²) in [6.45, 7) is 2.01. The minimum atomic E-state index is -1.50. The minimum Gasteiger partial charge on any atom is -0.293 e. The van der Waals surface area contributed by atoms with E-state index >= 15 is 9.59 Å². The first-order chi connectivity index (χ1) is 22.1. The third kappa shape index (κ3) is 3.96. The number of nitrogens with zero attached hydrogens (tertiary/aromatic N) is 4. The van der Waals surface area contributed by atoms with Crippen molar-refractivity contribution in [2.75, 3.05) is 5.01 Å². The van der Waals surface area contributed by atoms with E-state index in [0.29, 0.717) is 33.9 Å². The van der Waals surface area contributed by atoms with Gasteiger partial charge in [-0.05, 0) is 42.3 Å². The number of Topliss-reactive ketones (excluding diaryl/α,β-unsaturated/α-hetero) is 2. The Morgan fingerprint density at radius 2 is 1.16 bits per heavy atom. The van der Waals surface area contributed by atoms with Gasteiger partial charge in [0.1, 0.15) is 17.3 Å². The molecule has 6 aromatic rings. The molecule has 0 radical (unpaired) electrons. The van der Waals surface area contributed by atoms with Gasteiger partial charge < -0.3 is 0 Å². The number of anilines is 1. The van der Waals surface area contributed by atoms with Gasteiger partial charge >= 0.3 is 0 Å². The molecule has 5 aromatic carbocycles. The van der Waals surface area contributed by atoms with Gasteiger partial charge in [0.2, 0.25) is 5.78 Å². The summed E-state index contributed by atoms with van der Waals surface area (Å²) in [4.78, 5) is 31.1. The lowest BCUT2D eigenvalue weighted by molar-refractivity contribution is 0.0741. The van der Waals surface area contributed by atoms with Crippen molar-refractivity contribution in [3.63, 3.8) is 0 Å².